The molecule has 0 saturated heterocycles. The van der Waals surface area contributed by atoms with E-state index in [1.165, 1.54) is 0 Å². The summed E-state index contributed by atoms with van der Waals surface area (Å²) in [5.74, 6) is 3.64. The van der Waals surface area contributed by atoms with Gasteiger partial charge in [-0.05, 0) is 53.6 Å². The van der Waals surface area contributed by atoms with E-state index in [9.17, 15) is 0 Å². The minimum Gasteiger partial charge on any atom is -0.497 e. The molecular formula is C26H24BrNO5. The van der Waals surface area contributed by atoms with E-state index in [-0.39, 0.29) is 0 Å². The van der Waals surface area contributed by atoms with Crippen LogP contribution < -0.4 is 18.9 Å². The zero-order valence-electron chi connectivity index (χ0n) is 18.4. The first-order valence-electron chi connectivity index (χ1n) is 10.4. The van der Waals surface area contributed by atoms with E-state index in [2.05, 4.69) is 21.1 Å². The summed E-state index contributed by atoms with van der Waals surface area (Å²) in [5.41, 5.74) is 3.66. The van der Waals surface area contributed by atoms with Gasteiger partial charge >= 0.3 is 0 Å². The van der Waals surface area contributed by atoms with E-state index in [1.807, 2.05) is 72.8 Å². The Morgan fingerprint density at radius 3 is 1.82 bits per heavy atom. The molecule has 4 rings (SSSR count). The second-order valence-corrected chi connectivity index (χ2v) is 7.81. The molecule has 0 bridgehead atoms. The number of halogens is 1. The quantitative estimate of drug-likeness (QED) is 0.230. The molecule has 0 aliphatic heterocycles. The number of alkyl halides is 1. The molecule has 0 aliphatic rings. The van der Waals surface area contributed by atoms with Gasteiger partial charge in [-0.2, -0.15) is 0 Å². The van der Waals surface area contributed by atoms with E-state index in [4.69, 9.17) is 23.5 Å². The lowest BCUT2D eigenvalue weighted by molar-refractivity contribution is 0.256. The molecule has 33 heavy (non-hydrogen) atoms. The van der Waals surface area contributed by atoms with Crippen molar-refractivity contribution in [3.63, 3.8) is 0 Å². The van der Waals surface area contributed by atoms with E-state index >= 15 is 0 Å². The fourth-order valence-electron chi connectivity index (χ4n) is 3.18. The van der Waals surface area contributed by atoms with Crippen LogP contribution in [0.5, 0.6) is 23.0 Å². The van der Waals surface area contributed by atoms with Crippen LogP contribution in [0.2, 0.25) is 0 Å². The van der Waals surface area contributed by atoms with Crippen molar-refractivity contribution in [3.8, 4) is 34.3 Å². The summed E-state index contributed by atoms with van der Waals surface area (Å²) < 4.78 is 28.0. The molecule has 0 saturated carbocycles. The van der Waals surface area contributed by atoms with Crippen molar-refractivity contribution in [2.75, 3.05) is 14.2 Å². The molecule has 0 radical (unpaired) electrons. The molecule has 3 aromatic carbocycles. The SMILES string of the molecule is COc1ccc(COc2ccc(-c3cc(CBr)on3)cc2OCc2ccc(OC)cc2)cc1. The lowest BCUT2D eigenvalue weighted by Crippen LogP contribution is -2.01. The number of hydrogen-bond acceptors (Lipinski definition) is 6. The van der Waals surface area contributed by atoms with Crippen molar-refractivity contribution in [3.05, 3.63) is 89.7 Å². The summed E-state index contributed by atoms with van der Waals surface area (Å²) in [4.78, 5) is 0. The number of aromatic nitrogens is 1. The highest BCUT2D eigenvalue weighted by Gasteiger charge is 2.12. The molecule has 7 heteroatoms. The predicted octanol–water partition coefficient (Wildman–Crippen LogP) is 6.41. The van der Waals surface area contributed by atoms with Crippen LogP contribution in [0.3, 0.4) is 0 Å². The van der Waals surface area contributed by atoms with Crippen molar-refractivity contribution in [1.82, 2.24) is 5.16 Å². The maximum absolute atomic E-state index is 6.16. The molecule has 1 aromatic heterocycles. The highest BCUT2D eigenvalue weighted by Crippen LogP contribution is 2.34. The van der Waals surface area contributed by atoms with Gasteiger partial charge in [-0.25, -0.2) is 0 Å². The fraction of sp³-hybridized carbons (Fsp3) is 0.192. The Morgan fingerprint density at radius 2 is 1.30 bits per heavy atom. The molecular weight excluding hydrogens is 486 g/mol. The Balaban J connectivity index is 1.54. The molecule has 6 nitrogen and oxygen atoms in total. The summed E-state index contributed by atoms with van der Waals surface area (Å²) in [6, 6.07) is 23.2. The maximum Gasteiger partial charge on any atom is 0.162 e. The molecule has 0 unspecified atom stereocenters. The number of methoxy groups -OCH3 is 2. The van der Waals surface area contributed by atoms with Crippen LogP contribution in [0.15, 0.2) is 77.3 Å². The van der Waals surface area contributed by atoms with Crippen molar-refractivity contribution in [2.24, 2.45) is 0 Å². The molecule has 0 atom stereocenters. The average Bonchev–Trinajstić information content (AvgIpc) is 3.36. The topological polar surface area (TPSA) is 63.0 Å². The molecule has 0 aliphatic carbocycles. The summed E-state index contributed by atoms with van der Waals surface area (Å²) in [6.07, 6.45) is 0. The maximum atomic E-state index is 6.16. The summed E-state index contributed by atoms with van der Waals surface area (Å²) in [5, 5.41) is 4.75. The van der Waals surface area contributed by atoms with Crippen LogP contribution in [0.4, 0.5) is 0 Å². The van der Waals surface area contributed by atoms with Gasteiger partial charge in [0, 0.05) is 11.6 Å². The first-order chi connectivity index (χ1) is 16.2. The van der Waals surface area contributed by atoms with Crippen molar-refractivity contribution < 1.29 is 23.5 Å². The Hall–Kier alpha value is -3.45. The lowest BCUT2D eigenvalue weighted by atomic mass is 10.1. The van der Waals surface area contributed by atoms with Gasteiger partial charge in [-0.1, -0.05) is 45.4 Å². The zero-order chi connectivity index (χ0) is 23.0. The fourth-order valence-corrected chi connectivity index (χ4v) is 3.44. The van der Waals surface area contributed by atoms with Gasteiger partial charge in [0.1, 0.15) is 36.2 Å². The van der Waals surface area contributed by atoms with Gasteiger partial charge in [-0.15, -0.1) is 0 Å². The van der Waals surface area contributed by atoms with Gasteiger partial charge in [0.25, 0.3) is 0 Å². The van der Waals surface area contributed by atoms with Crippen LogP contribution in [-0.2, 0) is 18.5 Å². The normalized spacial score (nSPS) is 10.6. The number of hydrogen-bond donors (Lipinski definition) is 0. The Kier molecular flexibility index (Phi) is 7.52. The standard InChI is InChI=1S/C26H24BrNO5/c1-29-21-8-3-18(4-9-21)16-31-25-12-7-20(24-14-23(15-27)33-28-24)13-26(25)32-17-19-5-10-22(30-2)11-6-19/h3-14H,15-17H2,1-2H3. The molecule has 0 N–H and O–H groups in total. The zero-order valence-corrected chi connectivity index (χ0v) is 20.0. The molecule has 170 valence electrons. The molecule has 0 fully saturated rings. The van der Waals surface area contributed by atoms with Crippen LogP contribution in [0.1, 0.15) is 16.9 Å². The third kappa shape index (κ3) is 5.87. The van der Waals surface area contributed by atoms with Crippen molar-refractivity contribution in [2.45, 2.75) is 18.5 Å². The Morgan fingerprint density at radius 1 is 0.727 bits per heavy atom. The van der Waals surface area contributed by atoms with Gasteiger partial charge < -0.3 is 23.5 Å². The highest BCUT2D eigenvalue weighted by molar-refractivity contribution is 9.08. The van der Waals surface area contributed by atoms with Crippen molar-refractivity contribution in [1.29, 1.82) is 0 Å². The second kappa shape index (κ2) is 10.9. The molecule has 1 heterocycles. The van der Waals surface area contributed by atoms with Gasteiger partial charge in [-0.3, -0.25) is 0 Å². The third-order valence-electron chi connectivity index (χ3n) is 5.04. The minimum absolute atomic E-state index is 0.387. The predicted molar refractivity (Wildman–Crippen MR) is 129 cm³/mol. The van der Waals surface area contributed by atoms with Crippen LogP contribution in [-0.4, -0.2) is 19.4 Å². The monoisotopic (exact) mass is 509 g/mol. The smallest absolute Gasteiger partial charge is 0.162 e. The van der Waals surface area contributed by atoms with Crippen molar-refractivity contribution >= 4 is 15.9 Å². The van der Waals surface area contributed by atoms with E-state index in [1.54, 1.807) is 14.2 Å². The summed E-state index contributed by atoms with van der Waals surface area (Å²) in [7, 11) is 3.30. The molecule has 4 aromatic rings. The van der Waals surface area contributed by atoms with Crippen LogP contribution in [0.25, 0.3) is 11.3 Å². The minimum atomic E-state index is 0.387. The second-order valence-electron chi connectivity index (χ2n) is 7.25. The number of rotatable bonds is 10. The average molecular weight is 510 g/mol. The first kappa shape index (κ1) is 22.7. The lowest BCUT2D eigenvalue weighted by Gasteiger charge is -2.14. The van der Waals surface area contributed by atoms with Gasteiger partial charge in [0.2, 0.25) is 0 Å². The largest absolute Gasteiger partial charge is 0.497 e. The van der Waals surface area contributed by atoms with Crippen LogP contribution >= 0.6 is 15.9 Å². The summed E-state index contributed by atoms with van der Waals surface area (Å²) >= 11 is 3.39. The first-order valence-corrected chi connectivity index (χ1v) is 11.5. The Bertz CT molecular complexity index is 1170. The molecule has 0 spiro atoms. The van der Waals surface area contributed by atoms with E-state index in [0.717, 1.165) is 39.6 Å². The molecule has 0 amide bonds. The number of benzene rings is 3. The Labute approximate surface area is 201 Å². The third-order valence-corrected chi connectivity index (χ3v) is 5.59. The van der Waals surface area contributed by atoms with Crippen LogP contribution in [0, 0.1) is 0 Å². The van der Waals surface area contributed by atoms with E-state index in [0.29, 0.717) is 30.0 Å². The number of nitrogens with zero attached hydrogens (tertiary/aromatic N) is 1. The van der Waals surface area contributed by atoms with Gasteiger partial charge in [0.15, 0.2) is 11.5 Å². The highest BCUT2D eigenvalue weighted by atomic mass is 79.9. The number of ether oxygens (including phenoxy) is 4. The van der Waals surface area contributed by atoms with Gasteiger partial charge in [0.05, 0.1) is 19.5 Å². The van der Waals surface area contributed by atoms with E-state index < -0.39 is 0 Å². The summed E-state index contributed by atoms with van der Waals surface area (Å²) in [6.45, 7) is 0.789.